The molecule has 4 rings (SSSR count). The van der Waals surface area contributed by atoms with E-state index in [1.165, 1.54) is 12.1 Å². The minimum atomic E-state index is -2.97. The molecule has 1 N–H and O–H groups in total. The lowest BCUT2D eigenvalue weighted by Gasteiger charge is -2.32. The zero-order chi connectivity index (χ0) is 27.4. The molecule has 1 saturated heterocycles. The van der Waals surface area contributed by atoms with Crippen LogP contribution in [0.1, 0.15) is 44.4 Å². The van der Waals surface area contributed by atoms with Crippen LogP contribution in [-0.2, 0) is 32.9 Å². The third-order valence-electron chi connectivity index (χ3n) is 6.47. The Morgan fingerprint density at radius 2 is 1.24 bits per heavy atom. The highest BCUT2D eigenvalue weighted by Crippen LogP contribution is 2.37. The van der Waals surface area contributed by atoms with E-state index in [2.05, 4.69) is 0 Å². The van der Waals surface area contributed by atoms with Crippen LogP contribution in [0, 0.1) is 0 Å². The maximum atomic E-state index is 14.6. The van der Waals surface area contributed by atoms with E-state index in [-0.39, 0.29) is 18.4 Å². The molecule has 196 valence electrons. The second-order valence-electron chi connectivity index (χ2n) is 9.91. The van der Waals surface area contributed by atoms with Crippen LogP contribution in [0.2, 0.25) is 10.0 Å². The van der Waals surface area contributed by atoms with Gasteiger partial charge in [0.2, 0.25) is 0 Å². The molecule has 0 aromatic heterocycles. The molecule has 0 atom stereocenters. The number of benzene rings is 3. The molecule has 0 spiro atoms. The van der Waals surface area contributed by atoms with Gasteiger partial charge >= 0.3 is 13.1 Å². The van der Waals surface area contributed by atoms with Gasteiger partial charge in [-0.05, 0) is 68.6 Å². The lowest BCUT2D eigenvalue weighted by atomic mass is 9.78. The van der Waals surface area contributed by atoms with Gasteiger partial charge in [0.1, 0.15) is 0 Å². The van der Waals surface area contributed by atoms with Crippen LogP contribution < -0.4 is 5.46 Å². The molecule has 0 unspecified atom stereocenters. The summed E-state index contributed by atoms with van der Waals surface area (Å²) in [4.78, 5) is 10.2. The summed E-state index contributed by atoms with van der Waals surface area (Å²) in [6.45, 7) is 7.84. The van der Waals surface area contributed by atoms with Gasteiger partial charge < -0.3 is 14.4 Å². The predicted molar refractivity (Wildman–Crippen MR) is 144 cm³/mol. The van der Waals surface area contributed by atoms with Crippen LogP contribution in [0.15, 0.2) is 72.8 Å². The van der Waals surface area contributed by atoms with Crippen molar-refractivity contribution in [1.82, 2.24) is 0 Å². The van der Waals surface area contributed by atoms with Crippen molar-refractivity contribution >= 4 is 41.8 Å². The number of alkyl halides is 2. The summed E-state index contributed by atoms with van der Waals surface area (Å²) >= 11 is 11.4. The van der Waals surface area contributed by atoms with E-state index < -0.39 is 30.2 Å². The first-order valence-electron chi connectivity index (χ1n) is 11.7. The number of hydrogen-bond acceptors (Lipinski definition) is 3. The third kappa shape index (κ3) is 7.77. The van der Waals surface area contributed by atoms with Gasteiger partial charge in [-0.2, -0.15) is 0 Å². The van der Waals surface area contributed by atoms with Crippen LogP contribution >= 0.6 is 23.2 Å². The molecule has 37 heavy (non-hydrogen) atoms. The van der Waals surface area contributed by atoms with Gasteiger partial charge in [0.25, 0.3) is 5.92 Å². The quantitative estimate of drug-likeness (QED) is 0.339. The van der Waals surface area contributed by atoms with Crippen molar-refractivity contribution in [2.75, 3.05) is 0 Å². The molecule has 0 amide bonds. The van der Waals surface area contributed by atoms with Crippen LogP contribution in [0.5, 0.6) is 0 Å². The first-order valence-corrected chi connectivity index (χ1v) is 12.5. The first-order chi connectivity index (χ1) is 17.2. The van der Waals surface area contributed by atoms with E-state index >= 15 is 0 Å². The van der Waals surface area contributed by atoms with Crippen molar-refractivity contribution in [3.05, 3.63) is 99.5 Å². The fraction of sp³-hybridized carbons (Fsp3) is 0.321. The summed E-state index contributed by atoms with van der Waals surface area (Å²) in [5.74, 6) is -3.80. The Hall–Kier alpha value is -2.45. The molecule has 0 bridgehead atoms. The average Bonchev–Trinajstić information content (AvgIpc) is 3.04. The molecule has 1 aliphatic heterocycles. The Morgan fingerprint density at radius 1 is 0.811 bits per heavy atom. The number of hydrogen-bond donors (Lipinski definition) is 1. The lowest BCUT2D eigenvalue weighted by molar-refractivity contribution is -0.136. The van der Waals surface area contributed by atoms with Crippen molar-refractivity contribution in [2.45, 2.75) is 57.7 Å². The van der Waals surface area contributed by atoms with Crippen molar-refractivity contribution < 1.29 is 28.0 Å². The fourth-order valence-corrected chi connectivity index (χ4v) is 3.85. The standard InChI is InChI=1S/C20H22BClF2O2.C8H7ClO2/c1-18(2)19(3,4)26-21(25-18)16-9-7-15(8-10-16)20(23,24)13-14-5-11-17(22)12-6-14;9-7-3-1-6(2-4-7)5-8(10)11/h5-12H,13H2,1-4H3;1-4H,5H2,(H,10,11). The van der Waals surface area contributed by atoms with Crippen LogP contribution in [0.3, 0.4) is 0 Å². The second-order valence-corrected chi connectivity index (χ2v) is 10.8. The summed E-state index contributed by atoms with van der Waals surface area (Å²) in [6.07, 6.45) is -0.322. The molecule has 3 aromatic rings. The largest absolute Gasteiger partial charge is 0.494 e. The van der Waals surface area contributed by atoms with Gasteiger partial charge in [-0.25, -0.2) is 8.78 Å². The van der Waals surface area contributed by atoms with E-state index in [1.54, 1.807) is 60.7 Å². The number of aliphatic carboxylic acids is 1. The SMILES string of the molecule is CC1(C)OB(c2ccc(C(F)(F)Cc3ccc(Cl)cc3)cc2)OC1(C)C.O=C(O)Cc1ccc(Cl)cc1. The van der Waals surface area contributed by atoms with Crippen molar-refractivity contribution in [3.8, 4) is 0 Å². The summed E-state index contributed by atoms with van der Waals surface area (Å²) in [7, 11) is -0.557. The number of halogens is 4. The topological polar surface area (TPSA) is 55.8 Å². The van der Waals surface area contributed by atoms with Gasteiger partial charge in [-0.1, -0.05) is 71.7 Å². The van der Waals surface area contributed by atoms with Crippen molar-refractivity contribution in [2.24, 2.45) is 0 Å². The highest BCUT2D eigenvalue weighted by atomic mass is 35.5. The van der Waals surface area contributed by atoms with Crippen LogP contribution in [0.25, 0.3) is 0 Å². The van der Waals surface area contributed by atoms with Gasteiger partial charge in [0.05, 0.1) is 17.6 Å². The highest BCUT2D eigenvalue weighted by molar-refractivity contribution is 6.62. The highest BCUT2D eigenvalue weighted by Gasteiger charge is 2.51. The monoisotopic (exact) mass is 548 g/mol. The summed E-state index contributed by atoms with van der Waals surface area (Å²) < 4.78 is 41.1. The van der Waals surface area contributed by atoms with Gasteiger partial charge in [-0.3, -0.25) is 4.79 Å². The lowest BCUT2D eigenvalue weighted by Crippen LogP contribution is -2.41. The number of rotatable bonds is 6. The molecule has 0 aliphatic carbocycles. The number of carboxylic acids is 1. The van der Waals surface area contributed by atoms with E-state index in [4.69, 9.17) is 37.6 Å². The molecule has 4 nitrogen and oxygen atoms in total. The molecule has 1 fully saturated rings. The van der Waals surface area contributed by atoms with Gasteiger partial charge in [0.15, 0.2) is 0 Å². The molecule has 1 aliphatic rings. The maximum absolute atomic E-state index is 14.6. The Labute approximate surface area is 226 Å². The molecule has 0 radical (unpaired) electrons. The Kier molecular flexibility index (Phi) is 9.07. The minimum Gasteiger partial charge on any atom is -0.481 e. The van der Waals surface area contributed by atoms with Gasteiger partial charge in [0, 0.05) is 22.0 Å². The summed E-state index contributed by atoms with van der Waals surface area (Å²) in [6, 6.07) is 19.4. The zero-order valence-electron chi connectivity index (χ0n) is 21.1. The average molecular weight is 549 g/mol. The Balaban J connectivity index is 0.000000289. The minimum absolute atomic E-state index is 0.0345. The number of carbonyl (C=O) groups is 1. The van der Waals surface area contributed by atoms with Crippen LogP contribution in [-0.4, -0.2) is 29.4 Å². The molecule has 9 heteroatoms. The number of carboxylic acid groups (broad SMARTS) is 1. The fourth-order valence-electron chi connectivity index (χ4n) is 3.60. The van der Waals surface area contributed by atoms with Gasteiger partial charge in [-0.15, -0.1) is 0 Å². The van der Waals surface area contributed by atoms with Crippen molar-refractivity contribution in [3.63, 3.8) is 0 Å². The maximum Gasteiger partial charge on any atom is 0.494 e. The summed E-state index contributed by atoms with van der Waals surface area (Å²) in [5.41, 5.74) is 1.07. The molecule has 3 aromatic carbocycles. The first kappa shape index (κ1) is 29.1. The molecular weight excluding hydrogens is 520 g/mol. The summed E-state index contributed by atoms with van der Waals surface area (Å²) in [5, 5.41) is 9.56. The zero-order valence-corrected chi connectivity index (χ0v) is 22.6. The molecular formula is C28H29BCl2F2O4. The van der Waals surface area contributed by atoms with Crippen LogP contribution in [0.4, 0.5) is 8.78 Å². The Morgan fingerprint density at radius 3 is 1.68 bits per heavy atom. The second kappa shape index (κ2) is 11.5. The molecule has 0 saturated carbocycles. The third-order valence-corrected chi connectivity index (χ3v) is 6.97. The van der Waals surface area contributed by atoms with E-state index in [9.17, 15) is 13.6 Å². The van der Waals surface area contributed by atoms with E-state index in [0.717, 1.165) is 11.0 Å². The predicted octanol–water partition coefficient (Wildman–Crippen LogP) is 6.94. The van der Waals surface area contributed by atoms with E-state index in [0.29, 0.717) is 15.6 Å². The smallest absolute Gasteiger partial charge is 0.481 e. The normalized spacial score (nSPS) is 16.2. The Bertz CT molecular complexity index is 1180. The van der Waals surface area contributed by atoms with E-state index in [1.807, 2.05) is 27.7 Å². The molecule has 1 heterocycles. The van der Waals surface area contributed by atoms with Crippen molar-refractivity contribution in [1.29, 1.82) is 0 Å².